The van der Waals surface area contributed by atoms with E-state index in [0.29, 0.717) is 23.4 Å². The van der Waals surface area contributed by atoms with Gasteiger partial charge in [-0.3, -0.25) is 9.59 Å². The molecule has 2 aliphatic rings. The van der Waals surface area contributed by atoms with Gasteiger partial charge in [-0.05, 0) is 56.9 Å². The summed E-state index contributed by atoms with van der Waals surface area (Å²) < 4.78 is 5.37. The van der Waals surface area contributed by atoms with Crippen LogP contribution in [0.15, 0.2) is 59.8 Å². The molecule has 2 amide bonds. The predicted molar refractivity (Wildman–Crippen MR) is 125 cm³/mol. The van der Waals surface area contributed by atoms with E-state index in [0.717, 1.165) is 29.5 Å². The number of carbonyl (C=O) groups is 3. The van der Waals surface area contributed by atoms with Gasteiger partial charge in [-0.1, -0.05) is 42.0 Å². The second-order valence-corrected chi connectivity index (χ2v) is 8.81. The SMILES string of the molecule is CCOC(=O)C1=C(C)N(Cc2cccc(C(=O)NC3CC3)c2)C(=O)CC1c1ccc(C)cc1. The Kier molecular flexibility index (Phi) is 6.63. The third kappa shape index (κ3) is 5.16. The topological polar surface area (TPSA) is 75.7 Å². The quantitative estimate of drug-likeness (QED) is 0.646. The Bertz CT molecular complexity index is 1100. The zero-order valence-electron chi connectivity index (χ0n) is 19.4. The third-order valence-electron chi connectivity index (χ3n) is 6.24. The lowest BCUT2D eigenvalue weighted by molar-refractivity contribution is -0.140. The summed E-state index contributed by atoms with van der Waals surface area (Å²) in [5.41, 5.74) is 4.57. The molecule has 172 valence electrons. The number of ether oxygens (including phenoxy) is 1. The number of carbonyl (C=O) groups excluding carboxylic acids is 3. The summed E-state index contributed by atoms with van der Waals surface area (Å²) in [5.74, 6) is -0.887. The molecule has 1 N–H and O–H groups in total. The molecule has 4 rings (SSSR count). The Hall–Kier alpha value is -3.41. The van der Waals surface area contributed by atoms with Crippen molar-refractivity contribution in [3.05, 3.63) is 82.1 Å². The number of esters is 1. The van der Waals surface area contributed by atoms with Crippen LogP contribution in [0.4, 0.5) is 0 Å². The summed E-state index contributed by atoms with van der Waals surface area (Å²) in [7, 11) is 0. The maximum absolute atomic E-state index is 13.2. The van der Waals surface area contributed by atoms with E-state index in [-0.39, 0.29) is 36.8 Å². The van der Waals surface area contributed by atoms with Crippen molar-refractivity contribution in [3.63, 3.8) is 0 Å². The largest absolute Gasteiger partial charge is 0.463 e. The number of amides is 2. The number of hydrogen-bond donors (Lipinski definition) is 1. The first-order valence-corrected chi connectivity index (χ1v) is 11.5. The normalized spacial score (nSPS) is 18.3. The van der Waals surface area contributed by atoms with Gasteiger partial charge in [0.1, 0.15) is 0 Å². The first kappa shape index (κ1) is 22.8. The van der Waals surface area contributed by atoms with Crippen LogP contribution in [0.5, 0.6) is 0 Å². The van der Waals surface area contributed by atoms with Crippen molar-refractivity contribution < 1.29 is 19.1 Å². The second kappa shape index (κ2) is 9.61. The summed E-state index contributed by atoms with van der Waals surface area (Å²) in [4.78, 5) is 40.2. The van der Waals surface area contributed by atoms with E-state index < -0.39 is 5.97 Å². The molecule has 1 saturated carbocycles. The van der Waals surface area contributed by atoms with E-state index >= 15 is 0 Å². The van der Waals surface area contributed by atoms with Crippen molar-refractivity contribution in [1.29, 1.82) is 0 Å². The molecule has 0 aromatic heterocycles. The molecule has 1 unspecified atom stereocenters. The summed E-state index contributed by atoms with van der Waals surface area (Å²) in [6.07, 6.45) is 2.24. The monoisotopic (exact) mass is 446 g/mol. The van der Waals surface area contributed by atoms with Crippen LogP contribution < -0.4 is 5.32 Å². The average molecular weight is 447 g/mol. The lowest BCUT2D eigenvalue weighted by Gasteiger charge is -2.34. The number of allylic oxidation sites excluding steroid dienone is 1. The zero-order valence-corrected chi connectivity index (χ0v) is 19.4. The van der Waals surface area contributed by atoms with Crippen molar-refractivity contribution >= 4 is 17.8 Å². The highest BCUT2D eigenvalue weighted by atomic mass is 16.5. The first-order chi connectivity index (χ1) is 15.9. The summed E-state index contributed by atoms with van der Waals surface area (Å²) in [6.45, 7) is 6.14. The molecule has 6 nitrogen and oxygen atoms in total. The number of nitrogens with zero attached hydrogens (tertiary/aromatic N) is 1. The minimum Gasteiger partial charge on any atom is -0.463 e. The molecule has 33 heavy (non-hydrogen) atoms. The maximum Gasteiger partial charge on any atom is 0.336 e. The third-order valence-corrected chi connectivity index (χ3v) is 6.24. The van der Waals surface area contributed by atoms with Gasteiger partial charge in [0.25, 0.3) is 5.91 Å². The van der Waals surface area contributed by atoms with Gasteiger partial charge >= 0.3 is 5.97 Å². The van der Waals surface area contributed by atoms with Gasteiger partial charge in [-0.15, -0.1) is 0 Å². The van der Waals surface area contributed by atoms with Gasteiger partial charge in [-0.2, -0.15) is 0 Å². The Morgan fingerprint density at radius 3 is 2.48 bits per heavy atom. The number of benzene rings is 2. The number of hydrogen-bond acceptors (Lipinski definition) is 4. The highest BCUT2D eigenvalue weighted by Crippen LogP contribution is 2.37. The molecular weight excluding hydrogens is 416 g/mol. The van der Waals surface area contributed by atoms with Gasteiger partial charge < -0.3 is 15.0 Å². The second-order valence-electron chi connectivity index (χ2n) is 8.81. The number of rotatable bonds is 7. The zero-order chi connectivity index (χ0) is 23.5. The molecule has 1 aliphatic heterocycles. The fourth-order valence-corrected chi connectivity index (χ4v) is 4.25. The minimum absolute atomic E-state index is 0.0565. The van der Waals surface area contributed by atoms with Crippen LogP contribution in [0.2, 0.25) is 0 Å². The lowest BCUT2D eigenvalue weighted by atomic mass is 9.83. The van der Waals surface area contributed by atoms with Gasteiger partial charge in [-0.25, -0.2) is 4.79 Å². The molecule has 2 aromatic carbocycles. The molecular formula is C27H30N2O4. The Morgan fingerprint density at radius 1 is 1.09 bits per heavy atom. The maximum atomic E-state index is 13.2. The van der Waals surface area contributed by atoms with E-state index in [2.05, 4.69) is 5.32 Å². The summed E-state index contributed by atoms with van der Waals surface area (Å²) >= 11 is 0. The molecule has 1 aliphatic carbocycles. The van der Waals surface area contributed by atoms with Crippen molar-refractivity contribution in [3.8, 4) is 0 Å². The van der Waals surface area contributed by atoms with Gasteiger partial charge in [0, 0.05) is 29.6 Å². The molecule has 6 heteroatoms. The average Bonchev–Trinajstić information content (AvgIpc) is 3.61. The van der Waals surface area contributed by atoms with E-state index in [1.807, 2.05) is 49.4 Å². The molecule has 0 radical (unpaired) electrons. The van der Waals surface area contributed by atoms with Crippen LogP contribution in [0.25, 0.3) is 0 Å². The highest BCUT2D eigenvalue weighted by molar-refractivity contribution is 5.96. The fraction of sp³-hybridized carbons (Fsp3) is 0.370. The number of nitrogens with one attached hydrogen (secondary N) is 1. The summed E-state index contributed by atoms with van der Waals surface area (Å²) in [5, 5.41) is 2.99. The highest BCUT2D eigenvalue weighted by Gasteiger charge is 2.37. The Balaban J connectivity index is 1.64. The van der Waals surface area contributed by atoms with Gasteiger partial charge in [0.2, 0.25) is 5.91 Å². The molecule has 1 heterocycles. The van der Waals surface area contributed by atoms with Crippen LogP contribution in [0.3, 0.4) is 0 Å². The number of aryl methyl sites for hydroxylation is 1. The Labute approximate surface area is 194 Å². The molecule has 1 fully saturated rings. The minimum atomic E-state index is -0.393. The molecule has 0 saturated heterocycles. The fourth-order valence-electron chi connectivity index (χ4n) is 4.25. The van der Waals surface area contributed by atoms with Crippen molar-refractivity contribution in [2.45, 2.75) is 58.5 Å². The van der Waals surface area contributed by atoms with Crippen molar-refractivity contribution in [1.82, 2.24) is 10.2 Å². The van der Waals surface area contributed by atoms with E-state index in [4.69, 9.17) is 4.74 Å². The van der Waals surface area contributed by atoms with Crippen LogP contribution in [0, 0.1) is 6.92 Å². The van der Waals surface area contributed by atoms with E-state index in [1.165, 1.54) is 0 Å². The molecule has 1 atom stereocenters. The Morgan fingerprint density at radius 2 is 1.82 bits per heavy atom. The van der Waals surface area contributed by atoms with Crippen LogP contribution >= 0.6 is 0 Å². The van der Waals surface area contributed by atoms with Crippen LogP contribution in [0.1, 0.15) is 66.1 Å². The molecule has 0 spiro atoms. The first-order valence-electron chi connectivity index (χ1n) is 11.5. The predicted octanol–water partition coefficient (Wildman–Crippen LogP) is 4.24. The van der Waals surface area contributed by atoms with Crippen LogP contribution in [-0.2, 0) is 20.9 Å². The smallest absolute Gasteiger partial charge is 0.336 e. The van der Waals surface area contributed by atoms with E-state index in [1.54, 1.807) is 24.8 Å². The van der Waals surface area contributed by atoms with Crippen LogP contribution in [-0.4, -0.2) is 35.3 Å². The van der Waals surface area contributed by atoms with E-state index in [9.17, 15) is 14.4 Å². The standard InChI is InChI=1S/C27H30N2O4/c1-4-33-27(32)25-18(3)29(24(30)15-23(25)20-10-8-17(2)9-11-20)16-19-6-5-7-21(14-19)26(31)28-22-12-13-22/h5-11,14,22-23H,4,12-13,15-16H2,1-3H3,(H,28,31). The van der Waals surface area contributed by atoms with Crippen molar-refractivity contribution in [2.75, 3.05) is 6.61 Å². The molecule has 2 aromatic rings. The van der Waals surface area contributed by atoms with Gasteiger partial charge in [0.05, 0.1) is 18.7 Å². The molecule has 0 bridgehead atoms. The summed E-state index contributed by atoms with van der Waals surface area (Å²) in [6, 6.07) is 15.5. The lowest BCUT2D eigenvalue weighted by Crippen LogP contribution is -2.38. The van der Waals surface area contributed by atoms with Gasteiger partial charge in [0.15, 0.2) is 0 Å². The van der Waals surface area contributed by atoms with Crippen molar-refractivity contribution in [2.24, 2.45) is 0 Å².